The van der Waals surface area contributed by atoms with Crippen molar-refractivity contribution >= 4 is 5.78 Å². The third-order valence-corrected chi connectivity index (χ3v) is 6.52. The van der Waals surface area contributed by atoms with Gasteiger partial charge in [0.15, 0.2) is 12.1 Å². The van der Waals surface area contributed by atoms with Crippen molar-refractivity contribution in [2.75, 3.05) is 0 Å². The lowest BCUT2D eigenvalue weighted by atomic mass is 9.83. The molecule has 0 saturated heterocycles. The first-order valence-corrected chi connectivity index (χ1v) is 11.9. The van der Waals surface area contributed by atoms with Gasteiger partial charge in [-0.3, -0.25) is 10.1 Å². The van der Waals surface area contributed by atoms with Crippen molar-refractivity contribution in [1.29, 1.82) is 0 Å². The summed E-state index contributed by atoms with van der Waals surface area (Å²) in [4.78, 5) is 15.6. The monoisotopic (exact) mass is 409 g/mol. The van der Waals surface area contributed by atoms with Crippen LogP contribution in [0.2, 0.25) is 0 Å². The van der Waals surface area contributed by atoms with Gasteiger partial charge in [0.05, 0.1) is 0 Å². The lowest BCUT2D eigenvalue weighted by molar-refractivity contribution is -0.120. The third kappa shape index (κ3) is 4.80. The molecule has 0 spiro atoms. The average molecular weight is 410 g/mol. The summed E-state index contributed by atoms with van der Waals surface area (Å²) in [5, 5.41) is 7.46. The highest BCUT2D eigenvalue weighted by Gasteiger charge is 2.42. The number of allylic oxidation sites excluding steroid dienone is 2. The van der Waals surface area contributed by atoms with Crippen LogP contribution in [0.3, 0.4) is 0 Å². The number of benzene rings is 1. The largest absolute Gasteiger partial charge is 0.354 e. The Balaban J connectivity index is 0.00000124. The van der Waals surface area contributed by atoms with E-state index < -0.39 is 0 Å². The molecule has 2 aliphatic carbocycles. The van der Waals surface area contributed by atoms with Crippen LogP contribution in [0.25, 0.3) is 0 Å². The molecule has 4 heteroatoms. The fourth-order valence-electron chi connectivity index (χ4n) is 4.90. The van der Waals surface area contributed by atoms with Gasteiger partial charge in [-0.1, -0.05) is 82.0 Å². The van der Waals surface area contributed by atoms with Gasteiger partial charge in [-0.05, 0) is 31.7 Å². The number of rotatable bonds is 5. The van der Waals surface area contributed by atoms with Gasteiger partial charge in [-0.15, -0.1) is 0 Å². The lowest BCUT2D eigenvalue weighted by Crippen LogP contribution is -2.53. The Hall–Kier alpha value is -2.07. The van der Waals surface area contributed by atoms with Crippen LogP contribution in [0.1, 0.15) is 76.8 Å². The first-order valence-electron chi connectivity index (χ1n) is 11.9. The van der Waals surface area contributed by atoms with Crippen LogP contribution >= 0.6 is 0 Å². The van der Waals surface area contributed by atoms with Crippen LogP contribution in [-0.4, -0.2) is 23.0 Å². The summed E-state index contributed by atoms with van der Waals surface area (Å²) >= 11 is 0. The molecule has 2 N–H and O–H groups in total. The molecule has 1 aromatic carbocycles. The quantitative estimate of drug-likeness (QED) is 0.639. The fourth-order valence-corrected chi connectivity index (χ4v) is 4.90. The fraction of sp³-hybridized carbons (Fsp3) is 0.577. The lowest BCUT2D eigenvalue weighted by Gasteiger charge is -2.34. The zero-order valence-electron chi connectivity index (χ0n) is 19.3. The molecule has 0 radical (unpaired) electrons. The summed E-state index contributed by atoms with van der Waals surface area (Å²) < 4.78 is 0. The van der Waals surface area contributed by atoms with Crippen LogP contribution < -0.4 is 10.6 Å². The van der Waals surface area contributed by atoms with E-state index in [4.69, 9.17) is 0 Å². The highest BCUT2D eigenvalue weighted by atomic mass is 16.1. The molecular formula is C26H39N3O. The SMILES string of the molecule is C=C1CC2=C(C(=O)C1CC)N(Cc1ccc(C)cc1)C(NC1CCCCC1)N2.CC. The van der Waals surface area contributed by atoms with Gasteiger partial charge in [0.2, 0.25) is 0 Å². The number of Topliss-reactive ketones (excluding diaryl/α,β-unsaturated/α-hetero) is 1. The number of hydrogen-bond acceptors (Lipinski definition) is 4. The second-order valence-corrected chi connectivity index (χ2v) is 8.65. The van der Waals surface area contributed by atoms with Crippen molar-refractivity contribution < 1.29 is 4.79 Å². The second-order valence-electron chi connectivity index (χ2n) is 8.65. The summed E-state index contributed by atoms with van der Waals surface area (Å²) in [6.45, 7) is 13.1. The number of hydrogen-bond donors (Lipinski definition) is 2. The molecule has 0 bridgehead atoms. The molecule has 1 fully saturated rings. The smallest absolute Gasteiger partial charge is 0.187 e. The molecule has 4 nitrogen and oxygen atoms in total. The minimum absolute atomic E-state index is 0.0123. The molecule has 3 aliphatic rings. The van der Waals surface area contributed by atoms with E-state index >= 15 is 0 Å². The van der Waals surface area contributed by atoms with Crippen molar-refractivity contribution in [2.45, 2.75) is 91.5 Å². The van der Waals surface area contributed by atoms with Crippen LogP contribution in [0.5, 0.6) is 0 Å². The number of nitrogens with one attached hydrogen (secondary N) is 2. The Bertz CT molecular complexity index is 774. The minimum Gasteiger partial charge on any atom is -0.354 e. The summed E-state index contributed by atoms with van der Waals surface area (Å²) in [6, 6.07) is 9.17. The van der Waals surface area contributed by atoms with Crippen molar-refractivity contribution in [3.8, 4) is 0 Å². The molecule has 1 saturated carbocycles. The van der Waals surface area contributed by atoms with E-state index in [0.717, 1.165) is 36.4 Å². The Labute approximate surface area is 182 Å². The van der Waals surface area contributed by atoms with E-state index in [9.17, 15) is 4.79 Å². The van der Waals surface area contributed by atoms with E-state index in [1.807, 2.05) is 13.8 Å². The maximum Gasteiger partial charge on any atom is 0.187 e. The maximum atomic E-state index is 13.3. The van der Waals surface area contributed by atoms with Crippen LogP contribution in [-0.2, 0) is 11.3 Å². The number of carbonyl (C=O) groups is 1. The van der Waals surface area contributed by atoms with E-state index in [-0.39, 0.29) is 18.0 Å². The average Bonchev–Trinajstić information content (AvgIpc) is 3.09. The van der Waals surface area contributed by atoms with Gasteiger partial charge < -0.3 is 10.2 Å². The van der Waals surface area contributed by atoms with Gasteiger partial charge >= 0.3 is 0 Å². The molecular weight excluding hydrogens is 370 g/mol. The number of aryl methyl sites for hydroxylation is 1. The van der Waals surface area contributed by atoms with Crippen molar-refractivity contribution in [3.63, 3.8) is 0 Å². The predicted molar refractivity (Wildman–Crippen MR) is 125 cm³/mol. The zero-order chi connectivity index (χ0) is 21.7. The van der Waals surface area contributed by atoms with Crippen LogP contribution in [0, 0.1) is 12.8 Å². The Morgan fingerprint density at radius 2 is 1.80 bits per heavy atom. The molecule has 2 atom stereocenters. The molecule has 2 unspecified atom stereocenters. The Kier molecular flexibility index (Phi) is 7.76. The van der Waals surface area contributed by atoms with Gasteiger partial charge in [0.25, 0.3) is 0 Å². The Morgan fingerprint density at radius 3 is 2.43 bits per heavy atom. The third-order valence-electron chi connectivity index (χ3n) is 6.52. The van der Waals surface area contributed by atoms with Gasteiger partial charge in [0, 0.05) is 30.6 Å². The van der Waals surface area contributed by atoms with Gasteiger partial charge in [0.1, 0.15) is 5.70 Å². The number of ketones is 1. The highest BCUT2D eigenvalue weighted by Crippen LogP contribution is 2.37. The van der Waals surface area contributed by atoms with E-state index in [1.165, 1.54) is 43.2 Å². The minimum atomic E-state index is -0.0468. The molecule has 164 valence electrons. The number of nitrogens with zero attached hydrogens (tertiary/aromatic N) is 1. The first-order chi connectivity index (χ1) is 14.6. The van der Waals surface area contributed by atoms with E-state index in [0.29, 0.717) is 6.04 Å². The zero-order valence-corrected chi connectivity index (χ0v) is 19.3. The topological polar surface area (TPSA) is 44.4 Å². The summed E-state index contributed by atoms with van der Waals surface area (Å²) in [7, 11) is 0. The van der Waals surface area contributed by atoms with E-state index in [2.05, 4.69) is 60.2 Å². The molecule has 1 aromatic rings. The normalized spacial score (nSPS) is 24.3. The van der Waals surface area contributed by atoms with Crippen LogP contribution in [0.4, 0.5) is 0 Å². The van der Waals surface area contributed by atoms with Crippen LogP contribution in [0.15, 0.2) is 47.8 Å². The number of carbonyl (C=O) groups excluding carboxylic acids is 1. The summed E-state index contributed by atoms with van der Waals surface area (Å²) in [5.74, 6) is 0.191. The summed E-state index contributed by atoms with van der Waals surface area (Å²) in [6.07, 6.45) is 7.97. The van der Waals surface area contributed by atoms with Gasteiger partial charge in [-0.2, -0.15) is 0 Å². The van der Waals surface area contributed by atoms with Crippen molar-refractivity contribution in [2.24, 2.45) is 5.92 Å². The standard InChI is InChI=1S/C24H33N3O.C2H6/c1-4-20-17(3)14-21-22(23(20)28)27(15-18-12-10-16(2)11-13-18)24(26-21)25-19-8-6-5-7-9-19;1-2/h10-13,19-20,24-26H,3-9,14-15H2,1-2H3;1-2H3. The van der Waals surface area contributed by atoms with Crippen molar-refractivity contribution in [1.82, 2.24) is 15.5 Å². The predicted octanol–water partition coefficient (Wildman–Crippen LogP) is 5.40. The summed E-state index contributed by atoms with van der Waals surface area (Å²) in [5.41, 5.74) is 5.48. The maximum absolute atomic E-state index is 13.3. The molecule has 1 heterocycles. The molecule has 4 rings (SSSR count). The van der Waals surface area contributed by atoms with Crippen molar-refractivity contribution in [3.05, 3.63) is 58.9 Å². The van der Waals surface area contributed by atoms with Gasteiger partial charge in [-0.25, -0.2) is 0 Å². The highest BCUT2D eigenvalue weighted by molar-refractivity contribution is 6.00. The first kappa shape index (κ1) is 22.6. The van der Waals surface area contributed by atoms with E-state index in [1.54, 1.807) is 0 Å². The molecule has 30 heavy (non-hydrogen) atoms. The Morgan fingerprint density at radius 1 is 1.13 bits per heavy atom. The second kappa shape index (κ2) is 10.3. The molecule has 0 aromatic heterocycles. The molecule has 1 aliphatic heterocycles. The molecule has 0 amide bonds.